The molecule has 1 saturated heterocycles. The van der Waals surface area contributed by atoms with Crippen LogP contribution in [0.5, 0.6) is 0 Å². The van der Waals surface area contributed by atoms with Crippen LogP contribution in [0.4, 0.5) is 0 Å². The summed E-state index contributed by atoms with van der Waals surface area (Å²) in [5, 5.41) is 0. The zero-order valence-corrected chi connectivity index (χ0v) is 13.2. The van der Waals surface area contributed by atoms with Gasteiger partial charge in [0.25, 0.3) is 0 Å². The first-order valence-electron chi connectivity index (χ1n) is 6.32. The van der Waals surface area contributed by atoms with Crippen molar-refractivity contribution in [3.05, 3.63) is 21.9 Å². The van der Waals surface area contributed by atoms with Crippen LogP contribution in [0.15, 0.2) is 12.1 Å². The molecule has 1 aromatic heterocycles. The lowest BCUT2D eigenvalue weighted by atomic mass is 9.95. The number of hydrogen-bond donors (Lipinski definition) is 0. The van der Waals surface area contributed by atoms with E-state index >= 15 is 0 Å². The van der Waals surface area contributed by atoms with Gasteiger partial charge in [0.2, 0.25) is 0 Å². The van der Waals surface area contributed by atoms with Crippen molar-refractivity contribution < 1.29 is 4.74 Å². The van der Waals surface area contributed by atoms with E-state index in [-0.39, 0.29) is 5.41 Å². The number of ether oxygens (including phenoxy) is 1. The summed E-state index contributed by atoms with van der Waals surface area (Å²) < 4.78 is 5.69. The van der Waals surface area contributed by atoms with Crippen molar-refractivity contribution in [1.29, 1.82) is 0 Å². The van der Waals surface area contributed by atoms with Gasteiger partial charge in [0, 0.05) is 16.4 Å². The summed E-state index contributed by atoms with van der Waals surface area (Å²) in [4.78, 5) is 3.35. The smallest absolute Gasteiger partial charge is 0.0590 e. The van der Waals surface area contributed by atoms with Gasteiger partial charge in [-0.3, -0.25) is 0 Å². The standard InChI is InChI=1S/C14H21BrOS/c1-14(2,3)13-7-6-12(17-13)11(15)9-10-5-4-8-16-10/h6-7,10-11H,4-5,8-9H2,1-3H3. The molecule has 17 heavy (non-hydrogen) atoms. The highest BCUT2D eigenvalue weighted by Gasteiger charge is 2.23. The van der Waals surface area contributed by atoms with Gasteiger partial charge in [-0.05, 0) is 36.8 Å². The molecule has 2 heterocycles. The molecule has 1 aliphatic heterocycles. The molecule has 0 N–H and O–H groups in total. The highest BCUT2D eigenvalue weighted by atomic mass is 79.9. The van der Waals surface area contributed by atoms with Crippen molar-refractivity contribution in [2.45, 2.75) is 56.4 Å². The van der Waals surface area contributed by atoms with Crippen molar-refractivity contribution in [2.24, 2.45) is 0 Å². The molecule has 0 radical (unpaired) electrons. The average molecular weight is 317 g/mol. The van der Waals surface area contributed by atoms with Gasteiger partial charge in [0.1, 0.15) is 0 Å². The van der Waals surface area contributed by atoms with Crippen molar-refractivity contribution in [2.75, 3.05) is 6.61 Å². The SMILES string of the molecule is CC(C)(C)c1ccc(C(Br)CC2CCCO2)s1. The van der Waals surface area contributed by atoms with E-state index in [0.29, 0.717) is 10.9 Å². The first kappa shape index (κ1) is 13.6. The van der Waals surface area contributed by atoms with Gasteiger partial charge in [0.05, 0.1) is 10.9 Å². The first-order valence-corrected chi connectivity index (χ1v) is 8.06. The van der Waals surface area contributed by atoms with Crippen LogP contribution in [-0.2, 0) is 10.2 Å². The first-order chi connectivity index (χ1) is 7.97. The topological polar surface area (TPSA) is 9.23 Å². The van der Waals surface area contributed by atoms with Crippen LogP contribution < -0.4 is 0 Å². The van der Waals surface area contributed by atoms with Crippen LogP contribution in [0.1, 0.15) is 54.6 Å². The van der Waals surface area contributed by atoms with Crippen LogP contribution in [0.3, 0.4) is 0 Å². The minimum atomic E-state index is 0.263. The Morgan fingerprint density at radius 1 is 1.47 bits per heavy atom. The lowest BCUT2D eigenvalue weighted by Gasteiger charge is -2.16. The molecule has 96 valence electrons. The fourth-order valence-corrected chi connectivity index (χ4v) is 4.01. The average Bonchev–Trinajstić information content (AvgIpc) is 2.85. The third kappa shape index (κ3) is 3.55. The minimum absolute atomic E-state index is 0.263. The van der Waals surface area contributed by atoms with Crippen molar-refractivity contribution in [3.8, 4) is 0 Å². The van der Waals surface area contributed by atoms with E-state index in [1.54, 1.807) is 0 Å². The largest absolute Gasteiger partial charge is 0.378 e. The Balaban J connectivity index is 1.99. The van der Waals surface area contributed by atoms with Gasteiger partial charge in [-0.25, -0.2) is 0 Å². The van der Waals surface area contributed by atoms with Crippen molar-refractivity contribution >= 4 is 27.3 Å². The molecule has 2 rings (SSSR count). The highest BCUT2D eigenvalue weighted by molar-refractivity contribution is 9.09. The summed E-state index contributed by atoms with van der Waals surface area (Å²) in [5.74, 6) is 0. The van der Waals surface area contributed by atoms with E-state index in [2.05, 4.69) is 48.8 Å². The summed E-state index contributed by atoms with van der Waals surface area (Å²) in [6.45, 7) is 7.76. The van der Waals surface area contributed by atoms with E-state index in [4.69, 9.17) is 4.74 Å². The van der Waals surface area contributed by atoms with Gasteiger partial charge in [0.15, 0.2) is 0 Å². The maximum absolute atomic E-state index is 5.69. The normalized spacial score (nSPS) is 22.9. The third-order valence-corrected chi connectivity index (χ3v) is 5.96. The Kier molecular flexibility index (Phi) is 4.32. The van der Waals surface area contributed by atoms with E-state index in [9.17, 15) is 0 Å². The fourth-order valence-electron chi connectivity index (χ4n) is 2.10. The van der Waals surface area contributed by atoms with Gasteiger partial charge in [-0.1, -0.05) is 36.7 Å². The predicted molar refractivity (Wildman–Crippen MR) is 78.3 cm³/mol. The van der Waals surface area contributed by atoms with E-state index in [1.165, 1.54) is 22.6 Å². The number of hydrogen-bond acceptors (Lipinski definition) is 2. The monoisotopic (exact) mass is 316 g/mol. The Hall–Kier alpha value is 0.140. The van der Waals surface area contributed by atoms with Gasteiger partial charge in [-0.15, -0.1) is 11.3 Å². The minimum Gasteiger partial charge on any atom is -0.378 e. The molecule has 0 saturated carbocycles. The molecular weight excluding hydrogens is 296 g/mol. The molecule has 1 aromatic rings. The fraction of sp³-hybridized carbons (Fsp3) is 0.714. The van der Waals surface area contributed by atoms with E-state index in [1.807, 2.05) is 11.3 Å². The Labute approximate surface area is 117 Å². The zero-order chi connectivity index (χ0) is 12.5. The lowest BCUT2D eigenvalue weighted by molar-refractivity contribution is 0.104. The van der Waals surface area contributed by atoms with Gasteiger partial charge < -0.3 is 4.74 Å². The number of rotatable bonds is 3. The van der Waals surface area contributed by atoms with E-state index < -0.39 is 0 Å². The molecular formula is C14H21BrOS. The molecule has 0 spiro atoms. The van der Waals surface area contributed by atoms with Crippen LogP contribution in [0.2, 0.25) is 0 Å². The van der Waals surface area contributed by atoms with Crippen molar-refractivity contribution in [1.82, 2.24) is 0 Å². The number of thiophene rings is 1. The zero-order valence-electron chi connectivity index (χ0n) is 10.8. The molecule has 3 heteroatoms. The summed E-state index contributed by atoms with van der Waals surface area (Å²) >= 11 is 5.74. The summed E-state index contributed by atoms with van der Waals surface area (Å²) in [6, 6.07) is 4.53. The maximum atomic E-state index is 5.69. The molecule has 2 atom stereocenters. The lowest BCUT2D eigenvalue weighted by Crippen LogP contribution is -2.08. The Morgan fingerprint density at radius 2 is 2.24 bits per heavy atom. The Morgan fingerprint density at radius 3 is 2.76 bits per heavy atom. The molecule has 1 aliphatic rings. The van der Waals surface area contributed by atoms with E-state index in [0.717, 1.165) is 13.0 Å². The Bertz CT molecular complexity index is 361. The molecule has 2 unspecified atom stereocenters. The number of alkyl halides is 1. The second-order valence-corrected chi connectivity index (χ2v) is 8.01. The van der Waals surface area contributed by atoms with Gasteiger partial charge in [-0.2, -0.15) is 0 Å². The van der Waals surface area contributed by atoms with Gasteiger partial charge >= 0.3 is 0 Å². The second kappa shape index (κ2) is 5.41. The van der Waals surface area contributed by atoms with Crippen LogP contribution >= 0.6 is 27.3 Å². The molecule has 0 aliphatic carbocycles. The predicted octanol–water partition coefficient (Wildman–Crippen LogP) is 5.05. The van der Waals surface area contributed by atoms with Crippen LogP contribution in [-0.4, -0.2) is 12.7 Å². The van der Waals surface area contributed by atoms with Crippen LogP contribution in [0.25, 0.3) is 0 Å². The molecule has 1 fully saturated rings. The summed E-state index contributed by atoms with van der Waals surface area (Å²) in [5.41, 5.74) is 0.263. The molecule has 1 nitrogen and oxygen atoms in total. The second-order valence-electron chi connectivity index (χ2n) is 5.79. The summed E-state index contributed by atoms with van der Waals surface area (Å²) in [6.07, 6.45) is 4.01. The summed E-state index contributed by atoms with van der Waals surface area (Å²) in [7, 11) is 0. The van der Waals surface area contributed by atoms with Crippen LogP contribution in [0, 0.1) is 0 Å². The molecule has 0 aromatic carbocycles. The molecule has 0 bridgehead atoms. The number of halogens is 1. The quantitative estimate of drug-likeness (QED) is 0.709. The van der Waals surface area contributed by atoms with Crippen molar-refractivity contribution in [3.63, 3.8) is 0 Å². The maximum Gasteiger partial charge on any atom is 0.0590 e. The molecule has 0 amide bonds. The third-order valence-electron chi connectivity index (χ3n) is 3.17. The highest BCUT2D eigenvalue weighted by Crippen LogP contribution is 2.38.